The van der Waals surface area contributed by atoms with E-state index in [2.05, 4.69) is 66.3 Å². The molecular formula is C50H61N11O7. The van der Waals surface area contributed by atoms with E-state index in [1.807, 2.05) is 18.2 Å². The first-order valence-electron chi connectivity index (χ1n) is 22.5. The Labute approximate surface area is 395 Å². The lowest BCUT2D eigenvalue weighted by molar-refractivity contribution is -0.141. The van der Waals surface area contributed by atoms with Gasteiger partial charge in [0.1, 0.15) is 66.8 Å². The van der Waals surface area contributed by atoms with Crippen LogP contribution in [0.15, 0.2) is 79.0 Å². The van der Waals surface area contributed by atoms with Crippen molar-refractivity contribution < 1.29 is 33.4 Å². The van der Waals surface area contributed by atoms with Crippen molar-refractivity contribution in [3.05, 3.63) is 107 Å². The Morgan fingerprint density at radius 2 is 1.56 bits per heavy atom. The molecule has 0 aliphatic carbocycles. The van der Waals surface area contributed by atoms with Gasteiger partial charge in [-0.25, -0.2) is 4.98 Å². The summed E-state index contributed by atoms with van der Waals surface area (Å²) >= 11 is 0. The first-order valence-corrected chi connectivity index (χ1v) is 22.5. The number of likely N-dealkylation sites (N-methyl/N-ethyl adjacent to an activating group) is 1. The van der Waals surface area contributed by atoms with Gasteiger partial charge < -0.3 is 52.8 Å². The molecular weight excluding hydrogens is 867 g/mol. The number of aromatic nitrogens is 2. The van der Waals surface area contributed by atoms with Crippen LogP contribution in [0.2, 0.25) is 0 Å². The minimum atomic E-state index is -1.40. The number of nitriles is 1. The molecule has 5 amide bonds. The molecule has 0 spiro atoms. The van der Waals surface area contributed by atoms with Gasteiger partial charge >= 0.3 is 0 Å². The molecule has 3 heterocycles. The molecule has 1 aliphatic heterocycles. The van der Waals surface area contributed by atoms with Crippen LogP contribution in [0.1, 0.15) is 73.0 Å². The predicted molar refractivity (Wildman–Crippen MR) is 257 cm³/mol. The Morgan fingerprint density at radius 1 is 0.897 bits per heavy atom. The van der Waals surface area contributed by atoms with E-state index in [1.54, 1.807) is 53.9 Å². The first kappa shape index (κ1) is 50.1. The van der Waals surface area contributed by atoms with Crippen LogP contribution < -0.4 is 47.9 Å². The highest BCUT2D eigenvalue weighted by molar-refractivity contribution is 6.00. The van der Waals surface area contributed by atoms with E-state index < -0.39 is 53.7 Å². The van der Waals surface area contributed by atoms with Crippen LogP contribution in [0.25, 0.3) is 27.9 Å². The van der Waals surface area contributed by atoms with Gasteiger partial charge in [-0.2, -0.15) is 5.26 Å². The predicted octanol–water partition coefficient (Wildman–Crippen LogP) is 2.78. The summed E-state index contributed by atoms with van der Waals surface area (Å²) in [6.45, 7) is 10.0. The summed E-state index contributed by atoms with van der Waals surface area (Å²) in [6, 6.07) is 19.2. The molecule has 18 nitrogen and oxygen atoms in total. The standard InChI is InChI=1S/C50H61N11O7/c1-29-43(61-22-16-33(28-42(61)56-29)32-8-11-35(12-9-32)50(3,4)5)47(64)58-38(15-17-51)49(66)60(6)44-34-10-14-41(68-24-20-54)37(27-34)36-25-31(7-13-40(36)67-23-19-53)26-39(46(63)55-21-18-52)59-45(62)30(2)57-48(44)65/h7-14,16,22,25,27-28,30,38-39,44H,15,17,19-21,23-24,26,51,53-54H2,1-6H3,(H,55,63)(H,57,65)(H,58,64)(H,59,62). The number of fused-ring (bicyclic) bond motifs is 6. The largest absolute Gasteiger partial charge is 0.492 e. The van der Waals surface area contributed by atoms with E-state index in [0.29, 0.717) is 45.1 Å². The number of hydrogen-bond acceptors (Lipinski definition) is 12. The van der Waals surface area contributed by atoms with Crippen molar-refractivity contribution in [1.82, 2.24) is 35.6 Å². The number of carbonyl (C=O) groups is 5. The molecule has 0 radical (unpaired) electrons. The summed E-state index contributed by atoms with van der Waals surface area (Å²) < 4.78 is 13.9. The highest BCUT2D eigenvalue weighted by atomic mass is 16.5. The zero-order chi connectivity index (χ0) is 49.3. The van der Waals surface area contributed by atoms with Crippen molar-refractivity contribution >= 4 is 35.2 Å². The molecule has 5 aromatic rings. The summed E-state index contributed by atoms with van der Waals surface area (Å²) in [6.07, 6.45) is 1.78. The molecule has 68 heavy (non-hydrogen) atoms. The molecule has 358 valence electrons. The van der Waals surface area contributed by atoms with Gasteiger partial charge in [-0.15, -0.1) is 0 Å². The topological polar surface area (TPSA) is 274 Å². The average molecular weight is 928 g/mol. The first-order chi connectivity index (χ1) is 32.5. The number of carbonyl (C=O) groups excluding carboxylic acids is 5. The fourth-order valence-electron chi connectivity index (χ4n) is 8.13. The third-order valence-corrected chi connectivity index (χ3v) is 11.7. The maximum Gasteiger partial charge on any atom is 0.270 e. The van der Waals surface area contributed by atoms with Crippen molar-refractivity contribution in [2.24, 2.45) is 17.2 Å². The Bertz CT molecular complexity index is 2700. The average Bonchev–Trinajstić information content (AvgIpc) is 3.65. The van der Waals surface area contributed by atoms with Crippen molar-refractivity contribution in [2.45, 2.75) is 77.0 Å². The normalized spacial score (nSPS) is 16.6. The molecule has 6 rings (SSSR count). The SMILES string of the molecule is Cc1nc2cc(-c3ccc(C(C)(C)C)cc3)ccn2c1C(=O)NC(CCN)C(=O)N(C)C1C(=O)NC(C)C(=O)NC(C(=O)NCC#N)Cc2ccc(OCCN)c(c2)-c2cc1ccc2OCCN. The van der Waals surface area contributed by atoms with Crippen molar-refractivity contribution in [3.63, 3.8) is 0 Å². The van der Waals surface area contributed by atoms with Crippen molar-refractivity contribution in [2.75, 3.05) is 46.4 Å². The van der Waals surface area contributed by atoms with Gasteiger partial charge in [0, 0.05) is 43.9 Å². The van der Waals surface area contributed by atoms with Crippen LogP contribution in [0.5, 0.6) is 11.5 Å². The summed E-state index contributed by atoms with van der Waals surface area (Å²) in [5, 5.41) is 20.0. The second-order valence-corrected chi connectivity index (χ2v) is 17.7. The lowest BCUT2D eigenvalue weighted by atomic mass is 9.86. The lowest BCUT2D eigenvalue weighted by Crippen LogP contribution is -2.56. The highest BCUT2D eigenvalue weighted by Gasteiger charge is 2.36. The summed E-state index contributed by atoms with van der Waals surface area (Å²) in [5.41, 5.74) is 23.9. The minimum Gasteiger partial charge on any atom is -0.492 e. The van der Waals surface area contributed by atoms with Crippen LogP contribution in [-0.2, 0) is 31.0 Å². The monoisotopic (exact) mass is 927 g/mol. The molecule has 0 saturated heterocycles. The zero-order valence-electron chi connectivity index (χ0n) is 39.4. The van der Waals surface area contributed by atoms with Crippen molar-refractivity contribution in [3.8, 4) is 39.8 Å². The highest BCUT2D eigenvalue weighted by Crippen LogP contribution is 2.40. The van der Waals surface area contributed by atoms with Gasteiger partial charge in [0.15, 0.2) is 0 Å². The molecule has 4 unspecified atom stereocenters. The van der Waals surface area contributed by atoms with E-state index in [4.69, 9.17) is 31.7 Å². The number of ether oxygens (including phenoxy) is 2. The molecule has 10 N–H and O–H groups in total. The van der Waals surface area contributed by atoms with Crippen LogP contribution in [0.3, 0.4) is 0 Å². The van der Waals surface area contributed by atoms with Gasteiger partial charge in [0.2, 0.25) is 23.6 Å². The van der Waals surface area contributed by atoms with Crippen LogP contribution in [0, 0.1) is 18.3 Å². The summed E-state index contributed by atoms with van der Waals surface area (Å²) in [5.74, 6) is -2.53. The van der Waals surface area contributed by atoms with E-state index in [1.165, 1.54) is 24.4 Å². The molecule has 0 fully saturated rings. The fraction of sp³-hybridized carbons (Fsp3) is 0.380. The van der Waals surface area contributed by atoms with Gasteiger partial charge in [-0.1, -0.05) is 57.2 Å². The molecule has 1 aliphatic rings. The third kappa shape index (κ3) is 11.4. The van der Waals surface area contributed by atoms with E-state index in [0.717, 1.165) is 11.1 Å². The second kappa shape index (κ2) is 22.0. The molecule has 3 aromatic carbocycles. The Balaban J connectivity index is 1.39. The Kier molecular flexibility index (Phi) is 16.2. The number of nitrogens with two attached hydrogens (primary N) is 3. The number of rotatable bonds is 15. The molecule has 2 aromatic heterocycles. The number of nitrogens with zero attached hydrogens (tertiary/aromatic N) is 4. The maximum atomic E-state index is 14.8. The van der Waals surface area contributed by atoms with Crippen LogP contribution in [-0.4, -0.2) is 108 Å². The maximum absolute atomic E-state index is 14.8. The third-order valence-electron chi connectivity index (χ3n) is 11.7. The zero-order valence-corrected chi connectivity index (χ0v) is 39.4. The number of imidazole rings is 1. The Morgan fingerprint density at radius 3 is 2.19 bits per heavy atom. The molecule has 4 bridgehead atoms. The van der Waals surface area contributed by atoms with Gasteiger partial charge in [-0.05, 0) is 96.4 Å². The summed E-state index contributed by atoms with van der Waals surface area (Å²) in [7, 11) is 1.43. The molecule has 18 heteroatoms. The Hall–Kier alpha value is -7.33. The van der Waals surface area contributed by atoms with Crippen LogP contribution in [0.4, 0.5) is 0 Å². The van der Waals surface area contributed by atoms with Gasteiger partial charge in [0.05, 0.1) is 11.8 Å². The van der Waals surface area contributed by atoms with Gasteiger partial charge in [0.25, 0.3) is 5.91 Å². The number of amides is 5. The van der Waals surface area contributed by atoms with E-state index in [-0.39, 0.29) is 63.3 Å². The molecule has 4 atom stereocenters. The number of hydrogen-bond donors (Lipinski definition) is 7. The van der Waals surface area contributed by atoms with E-state index in [9.17, 15) is 29.2 Å². The van der Waals surface area contributed by atoms with E-state index >= 15 is 0 Å². The quantitative estimate of drug-likeness (QED) is 0.0747. The number of aryl methyl sites for hydroxylation is 1. The second-order valence-electron chi connectivity index (χ2n) is 17.7. The summed E-state index contributed by atoms with van der Waals surface area (Å²) in [4.78, 5) is 76.7. The smallest absolute Gasteiger partial charge is 0.270 e. The molecule has 0 saturated carbocycles. The minimum absolute atomic E-state index is 0.00250. The number of pyridine rings is 1. The fourth-order valence-corrected chi connectivity index (χ4v) is 8.13. The lowest BCUT2D eigenvalue weighted by Gasteiger charge is -2.32. The number of benzene rings is 3. The van der Waals surface area contributed by atoms with Crippen LogP contribution >= 0.6 is 0 Å². The number of nitrogens with one attached hydrogen (secondary N) is 4. The van der Waals surface area contributed by atoms with Crippen molar-refractivity contribution in [1.29, 1.82) is 5.26 Å². The van der Waals surface area contributed by atoms with Gasteiger partial charge in [-0.3, -0.25) is 28.4 Å².